The molecule has 1 aliphatic rings. The van der Waals surface area contributed by atoms with E-state index < -0.39 is 0 Å². The summed E-state index contributed by atoms with van der Waals surface area (Å²) in [4.78, 5) is 23.0. The molecule has 1 aromatic heterocycles. The minimum Gasteiger partial charge on any atom is -0.326 e. The van der Waals surface area contributed by atoms with Crippen LogP contribution < -0.4 is 10.6 Å². The molecule has 3 rings (SSSR count). The Morgan fingerprint density at radius 3 is 2.57 bits per heavy atom. The highest BCUT2D eigenvalue weighted by Gasteiger charge is 2.21. The van der Waals surface area contributed by atoms with Crippen LogP contribution in [0.25, 0.3) is 0 Å². The number of hydrogen-bond donors (Lipinski definition) is 3. The minimum absolute atomic E-state index is 0.107. The van der Waals surface area contributed by atoms with Crippen LogP contribution in [0.4, 0.5) is 11.5 Å². The molecule has 0 saturated heterocycles. The Kier molecular flexibility index (Phi) is 4.41. The van der Waals surface area contributed by atoms with Crippen molar-refractivity contribution in [3.63, 3.8) is 0 Å². The summed E-state index contributed by atoms with van der Waals surface area (Å²) in [5.41, 5.74) is 2.71. The van der Waals surface area contributed by atoms with Crippen LogP contribution in [-0.2, 0) is 16.0 Å². The lowest BCUT2D eigenvalue weighted by Gasteiger charge is -2.23. The SMILES string of the molecule is CC(=O)Nc1ccc(CC(=O)Nc2cc(C3CCC3)[nH]n2)cc1. The summed E-state index contributed by atoms with van der Waals surface area (Å²) < 4.78 is 0. The number of amides is 2. The van der Waals surface area contributed by atoms with E-state index in [-0.39, 0.29) is 18.2 Å². The summed E-state index contributed by atoms with van der Waals surface area (Å²) in [6.07, 6.45) is 3.91. The Morgan fingerprint density at radius 2 is 1.96 bits per heavy atom. The van der Waals surface area contributed by atoms with Crippen LogP contribution in [0.5, 0.6) is 0 Å². The molecule has 0 bridgehead atoms. The maximum absolute atomic E-state index is 12.1. The highest BCUT2D eigenvalue weighted by molar-refractivity contribution is 5.92. The van der Waals surface area contributed by atoms with Gasteiger partial charge in [0.2, 0.25) is 11.8 Å². The fourth-order valence-corrected chi connectivity index (χ4v) is 2.61. The summed E-state index contributed by atoms with van der Waals surface area (Å²) in [7, 11) is 0. The van der Waals surface area contributed by atoms with E-state index in [2.05, 4.69) is 20.8 Å². The summed E-state index contributed by atoms with van der Waals surface area (Å²) in [6, 6.07) is 9.15. The molecule has 0 unspecified atom stereocenters. The number of aromatic nitrogens is 2. The van der Waals surface area contributed by atoms with Crippen molar-refractivity contribution in [3.8, 4) is 0 Å². The second-order valence-corrected chi connectivity index (χ2v) is 5.94. The smallest absolute Gasteiger partial charge is 0.229 e. The number of carbonyl (C=O) groups is 2. The van der Waals surface area contributed by atoms with E-state index >= 15 is 0 Å². The lowest BCUT2D eigenvalue weighted by atomic mass is 9.83. The van der Waals surface area contributed by atoms with Crippen LogP contribution >= 0.6 is 0 Å². The summed E-state index contributed by atoms with van der Waals surface area (Å²) in [5, 5.41) is 12.6. The van der Waals surface area contributed by atoms with Gasteiger partial charge in [0.1, 0.15) is 0 Å². The van der Waals surface area contributed by atoms with Crippen molar-refractivity contribution in [1.29, 1.82) is 0 Å². The Balaban J connectivity index is 1.54. The Morgan fingerprint density at radius 1 is 1.22 bits per heavy atom. The van der Waals surface area contributed by atoms with Gasteiger partial charge in [-0.3, -0.25) is 14.7 Å². The van der Waals surface area contributed by atoms with E-state index in [9.17, 15) is 9.59 Å². The van der Waals surface area contributed by atoms with Gasteiger partial charge in [-0.15, -0.1) is 0 Å². The number of anilines is 2. The fourth-order valence-electron chi connectivity index (χ4n) is 2.61. The first-order chi connectivity index (χ1) is 11.1. The predicted molar refractivity (Wildman–Crippen MR) is 88.3 cm³/mol. The number of carbonyl (C=O) groups excluding carboxylic acids is 2. The topological polar surface area (TPSA) is 86.9 Å². The lowest BCUT2D eigenvalue weighted by Crippen LogP contribution is -2.14. The number of benzene rings is 1. The molecule has 3 N–H and O–H groups in total. The zero-order chi connectivity index (χ0) is 16.2. The molecule has 2 aromatic rings. The fraction of sp³-hybridized carbons (Fsp3) is 0.353. The summed E-state index contributed by atoms with van der Waals surface area (Å²) in [5.74, 6) is 0.918. The molecule has 0 aliphatic heterocycles. The van der Waals surface area contributed by atoms with E-state index in [0.29, 0.717) is 11.7 Å². The van der Waals surface area contributed by atoms with Gasteiger partial charge in [-0.05, 0) is 30.5 Å². The third-order valence-electron chi connectivity index (χ3n) is 4.05. The average molecular weight is 312 g/mol. The van der Waals surface area contributed by atoms with Crippen molar-refractivity contribution in [2.24, 2.45) is 0 Å². The van der Waals surface area contributed by atoms with Crippen molar-refractivity contribution >= 4 is 23.3 Å². The van der Waals surface area contributed by atoms with E-state index in [1.807, 2.05) is 18.2 Å². The number of rotatable bonds is 5. The van der Waals surface area contributed by atoms with Gasteiger partial charge in [0, 0.05) is 30.3 Å². The van der Waals surface area contributed by atoms with Crippen molar-refractivity contribution in [2.45, 2.75) is 38.5 Å². The quantitative estimate of drug-likeness (QED) is 0.793. The zero-order valence-electron chi connectivity index (χ0n) is 13.1. The van der Waals surface area contributed by atoms with Gasteiger partial charge in [-0.25, -0.2) is 0 Å². The van der Waals surface area contributed by atoms with Crippen LogP contribution in [0.2, 0.25) is 0 Å². The lowest BCUT2D eigenvalue weighted by molar-refractivity contribution is -0.116. The van der Waals surface area contributed by atoms with Gasteiger partial charge in [0.15, 0.2) is 5.82 Å². The highest BCUT2D eigenvalue weighted by atomic mass is 16.2. The molecule has 1 fully saturated rings. The van der Waals surface area contributed by atoms with Crippen molar-refractivity contribution < 1.29 is 9.59 Å². The zero-order valence-corrected chi connectivity index (χ0v) is 13.1. The van der Waals surface area contributed by atoms with Crippen LogP contribution in [0, 0.1) is 0 Å². The van der Waals surface area contributed by atoms with Crippen LogP contribution in [0.15, 0.2) is 30.3 Å². The Bertz CT molecular complexity index is 702. The molecule has 1 aliphatic carbocycles. The largest absolute Gasteiger partial charge is 0.326 e. The number of nitrogens with zero attached hydrogens (tertiary/aromatic N) is 1. The van der Waals surface area contributed by atoms with Crippen LogP contribution in [0.3, 0.4) is 0 Å². The molecule has 0 atom stereocenters. The molecule has 6 nitrogen and oxygen atoms in total. The molecule has 2 amide bonds. The number of nitrogens with one attached hydrogen (secondary N) is 3. The van der Waals surface area contributed by atoms with Gasteiger partial charge in [-0.2, -0.15) is 5.10 Å². The molecule has 0 radical (unpaired) electrons. The minimum atomic E-state index is -0.115. The molecule has 1 heterocycles. The number of hydrogen-bond acceptors (Lipinski definition) is 3. The van der Waals surface area contributed by atoms with Crippen LogP contribution in [0.1, 0.15) is 43.4 Å². The predicted octanol–water partition coefficient (Wildman–Crippen LogP) is 2.82. The molecular weight excluding hydrogens is 292 g/mol. The second kappa shape index (κ2) is 6.64. The first-order valence-electron chi connectivity index (χ1n) is 7.82. The standard InChI is InChI=1S/C17H20N4O2/c1-11(22)18-14-7-5-12(6-8-14)9-17(23)19-16-10-15(20-21-16)13-3-2-4-13/h5-8,10,13H,2-4,9H2,1H3,(H,18,22)(H2,19,20,21,23). The first-order valence-corrected chi connectivity index (χ1v) is 7.82. The Labute approximate surface area is 134 Å². The van der Waals surface area contributed by atoms with Crippen molar-refractivity contribution in [2.75, 3.05) is 10.6 Å². The summed E-state index contributed by atoms with van der Waals surface area (Å²) in [6.45, 7) is 1.46. The van der Waals surface area contributed by atoms with Gasteiger partial charge in [0.25, 0.3) is 0 Å². The van der Waals surface area contributed by atoms with Crippen molar-refractivity contribution in [1.82, 2.24) is 10.2 Å². The average Bonchev–Trinajstić information content (AvgIpc) is 2.86. The van der Waals surface area contributed by atoms with Gasteiger partial charge < -0.3 is 10.6 Å². The van der Waals surface area contributed by atoms with E-state index in [1.165, 1.54) is 26.2 Å². The van der Waals surface area contributed by atoms with Gasteiger partial charge >= 0.3 is 0 Å². The maximum Gasteiger partial charge on any atom is 0.229 e. The van der Waals surface area contributed by atoms with E-state index in [0.717, 1.165) is 16.9 Å². The van der Waals surface area contributed by atoms with Crippen LogP contribution in [-0.4, -0.2) is 22.0 Å². The first kappa shape index (κ1) is 15.3. The van der Waals surface area contributed by atoms with Gasteiger partial charge in [0.05, 0.1) is 6.42 Å². The van der Waals surface area contributed by atoms with E-state index in [1.54, 1.807) is 12.1 Å². The van der Waals surface area contributed by atoms with E-state index in [4.69, 9.17) is 0 Å². The second-order valence-electron chi connectivity index (χ2n) is 5.94. The molecule has 120 valence electrons. The molecule has 1 saturated carbocycles. The normalized spacial score (nSPS) is 14.1. The number of aromatic amines is 1. The molecule has 0 spiro atoms. The van der Waals surface area contributed by atoms with Gasteiger partial charge in [-0.1, -0.05) is 18.6 Å². The molecule has 23 heavy (non-hydrogen) atoms. The molecule has 6 heteroatoms. The third kappa shape index (κ3) is 3.97. The maximum atomic E-state index is 12.1. The number of H-pyrrole nitrogens is 1. The Hall–Kier alpha value is -2.63. The molecular formula is C17H20N4O2. The third-order valence-corrected chi connectivity index (χ3v) is 4.05. The monoisotopic (exact) mass is 312 g/mol. The summed E-state index contributed by atoms with van der Waals surface area (Å²) >= 11 is 0. The molecule has 1 aromatic carbocycles. The van der Waals surface area contributed by atoms with Crippen molar-refractivity contribution in [3.05, 3.63) is 41.6 Å². The highest BCUT2D eigenvalue weighted by Crippen LogP contribution is 2.35.